The molecule has 1 aliphatic heterocycles. The topological polar surface area (TPSA) is 189 Å². The van der Waals surface area contributed by atoms with Gasteiger partial charge in [0.1, 0.15) is 60.3 Å². The average Bonchev–Trinajstić information content (AvgIpc) is 3.02. The van der Waals surface area contributed by atoms with Gasteiger partial charge >= 0.3 is 11.9 Å². The second-order valence-electron chi connectivity index (χ2n) is 10.7. The van der Waals surface area contributed by atoms with E-state index in [0.717, 1.165) is 16.0 Å². The first kappa shape index (κ1) is 32.3. The number of carbonyl (C=O) groups is 3. The predicted molar refractivity (Wildman–Crippen MR) is 171 cm³/mol. The van der Waals surface area contributed by atoms with Gasteiger partial charge in [-0.2, -0.15) is 0 Å². The molecule has 0 unspecified atom stereocenters. The van der Waals surface area contributed by atoms with Gasteiger partial charge in [-0.15, -0.1) is 0 Å². The third-order valence-corrected chi connectivity index (χ3v) is 7.14. The molecule has 3 aromatic carbocycles. The third-order valence-electron chi connectivity index (χ3n) is 7.14. The first-order valence-corrected chi connectivity index (χ1v) is 14.5. The van der Waals surface area contributed by atoms with Crippen LogP contribution in [0.2, 0.25) is 0 Å². The van der Waals surface area contributed by atoms with Crippen molar-refractivity contribution < 1.29 is 43.6 Å². The number of hydrogen-bond acceptors (Lipinski definition) is 10. The zero-order chi connectivity index (χ0) is 33.7. The molecule has 47 heavy (non-hydrogen) atoms. The highest BCUT2D eigenvalue weighted by molar-refractivity contribution is 6.06. The fourth-order valence-electron chi connectivity index (χ4n) is 4.92. The summed E-state index contributed by atoms with van der Waals surface area (Å²) in [7, 11) is 0. The van der Waals surface area contributed by atoms with Crippen molar-refractivity contribution in [3.8, 4) is 28.7 Å². The highest BCUT2D eigenvalue weighted by Crippen LogP contribution is 2.32. The fourth-order valence-corrected chi connectivity index (χ4v) is 4.92. The van der Waals surface area contributed by atoms with E-state index in [1.165, 1.54) is 36.4 Å². The van der Waals surface area contributed by atoms with Crippen molar-refractivity contribution in [2.75, 3.05) is 31.2 Å². The quantitative estimate of drug-likeness (QED) is 0.107. The normalized spacial score (nSPS) is 10.9. The molecule has 13 nitrogen and oxygen atoms in total. The summed E-state index contributed by atoms with van der Waals surface area (Å²) in [6.07, 6.45) is 0. The number of ether oxygens (including phenoxy) is 2. The molecule has 0 atom stereocenters. The number of carboxylic acids is 2. The molecule has 5 rings (SSSR count). The number of amides is 1. The minimum absolute atomic E-state index is 0.0122. The number of fused-ring (bicyclic) bond motifs is 2. The van der Waals surface area contributed by atoms with E-state index < -0.39 is 30.9 Å². The SMILES string of the molecule is Cc1ccc(C)c(OCCOc2cc(CNC(=O)c3c(O)ccc4nc5ccc(=O)cc-5oc34)ccc2N(CC(=O)O)CC(=O)O)c1. The molecule has 1 amide bonds. The molecule has 3 aromatic rings. The second-order valence-corrected chi connectivity index (χ2v) is 10.7. The molecule has 0 bridgehead atoms. The number of benzene rings is 4. The fraction of sp³-hybridized carbons (Fsp3) is 0.206. The highest BCUT2D eigenvalue weighted by atomic mass is 16.5. The van der Waals surface area contributed by atoms with Crippen LogP contribution in [0.4, 0.5) is 5.69 Å². The smallest absolute Gasteiger partial charge is 0.323 e. The molecule has 4 N–H and O–H groups in total. The van der Waals surface area contributed by atoms with Crippen LogP contribution in [0.15, 0.2) is 75.9 Å². The first-order chi connectivity index (χ1) is 22.5. The van der Waals surface area contributed by atoms with Gasteiger partial charge in [-0.1, -0.05) is 18.2 Å². The number of nitrogens with one attached hydrogen (secondary N) is 1. The minimum atomic E-state index is -1.24. The van der Waals surface area contributed by atoms with Crippen LogP contribution in [0.3, 0.4) is 0 Å². The van der Waals surface area contributed by atoms with E-state index in [-0.39, 0.29) is 59.3 Å². The Morgan fingerprint density at radius 1 is 0.872 bits per heavy atom. The molecule has 13 heteroatoms. The van der Waals surface area contributed by atoms with Crippen molar-refractivity contribution in [1.29, 1.82) is 0 Å². The summed E-state index contributed by atoms with van der Waals surface area (Å²) in [6.45, 7) is 2.78. The maximum atomic E-state index is 13.3. The van der Waals surface area contributed by atoms with E-state index in [4.69, 9.17) is 13.9 Å². The molecule has 0 saturated carbocycles. The standard InChI is InChI=1S/C34H31N3O10/c1-19-3-4-20(2)27(13-19)45-11-12-46-29-14-21(5-9-25(29)37(17-30(40)41)18-31(42)43)16-35-34(44)32-26(39)10-8-24-33(32)47-28-15-22(38)6-7-23(28)36-24/h3-10,13-15,39H,11-12,16-18H2,1-2H3,(H,35,44)(H,40,41)(H,42,43). The highest BCUT2D eigenvalue weighted by Gasteiger charge is 2.22. The van der Waals surface area contributed by atoms with Crippen LogP contribution in [0, 0.1) is 13.8 Å². The van der Waals surface area contributed by atoms with Gasteiger partial charge in [0.15, 0.2) is 16.8 Å². The van der Waals surface area contributed by atoms with Crippen molar-refractivity contribution in [2.24, 2.45) is 0 Å². The second kappa shape index (κ2) is 13.9. The number of hydrogen-bond donors (Lipinski definition) is 4. The van der Waals surface area contributed by atoms with Crippen molar-refractivity contribution >= 4 is 34.6 Å². The van der Waals surface area contributed by atoms with E-state index in [9.17, 15) is 34.5 Å². The van der Waals surface area contributed by atoms with Crippen LogP contribution in [0.25, 0.3) is 22.6 Å². The molecule has 0 radical (unpaired) electrons. The summed E-state index contributed by atoms with van der Waals surface area (Å²) in [6, 6.07) is 17.3. The monoisotopic (exact) mass is 641 g/mol. The van der Waals surface area contributed by atoms with Gasteiger partial charge in [0, 0.05) is 12.6 Å². The predicted octanol–water partition coefficient (Wildman–Crippen LogP) is 3.98. The maximum absolute atomic E-state index is 13.3. The maximum Gasteiger partial charge on any atom is 0.323 e. The van der Waals surface area contributed by atoms with Gasteiger partial charge in [0.2, 0.25) is 0 Å². The van der Waals surface area contributed by atoms with Crippen LogP contribution in [0.1, 0.15) is 27.0 Å². The molecule has 242 valence electrons. The Morgan fingerprint density at radius 3 is 2.32 bits per heavy atom. The van der Waals surface area contributed by atoms with Crippen LogP contribution in [-0.4, -0.2) is 64.5 Å². The van der Waals surface area contributed by atoms with Gasteiger partial charge in [-0.05, 0) is 73.0 Å². The van der Waals surface area contributed by atoms with Crippen molar-refractivity contribution in [2.45, 2.75) is 20.4 Å². The molecule has 0 spiro atoms. The zero-order valence-corrected chi connectivity index (χ0v) is 25.5. The number of carbonyl (C=O) groups excluding carboxylic acids is 1. The van der Waals surface area contributed by atoms with Crippen molar-refractivity contribution in [3.05, 3.63) is 99.2 Å². The number of rotatable bonds is 13. The summed E-state index contributed by atoms with van der Waals surface area (Å²) in [5.41, 5.74) is 2.89. The summed E-state index contributed by atoms with van der Waals surface area (Å²) in [5, 5.41) is 32.1. The average molecular weight is 642 g/mol. The molecule has 0 saturated heterocycles. The number of nitrogens with zero attached hydrogens (tertiary/aromatic N) is 2. The van der Waals surface area contributed by atoms with E-state index >= 15 is 0 Å². The number of aliphatic carboxylic acids is 2. The molecular formula is C34H31N3O10. The number of aromatic nitrogens is 1. The lowest BCUT2D eigenvalue weighted by Crippen LogP contribution is -2.35. The van der Waals surface area contributed by atoms with Gasteiger partial charge in [-0.3, -0.25) is 19.2 Å². The van der Waals surface area contributed by atoms with Crippen LogP contribution < -0.4 is 25.1 Å². The number of carboxylic acid groups (broad SMARTS) is 2. The summed E-state index contributed by atoms with van der Waals surface area (Å²) in [4.78, 5) is 53.9. The van der Waals surface area contributed by atoms with Crippen LogP contribution in [0.5, 0.6) is 17.2 Å². The molecule has 1 aliphatic carbocycles. The Morgan fingerprint density at radius 2 is 1.60 bits per heavy atom. The van der Waals surface area contributed by atoms with E-state index in [0.29, 0.717) is 22.5 Å². The molecule has 2 aliphatic rings. The van der Waals surface area contributed by atoms with Gasteiger partial charge in [-0.25, -0.2) is 4.98 Å². The lowest BCUT2D eigenvalue weighted by Gasteiger charge is -2.24. The minimum Gasteiger partial charge on any atom is -0.507 e. The Balaban J connectivity index is 1.39. The summed E-state index contributed by atoms with van der Waals surface area (Å²) < 4.78 is 17.7. The van der Waals surface area contributed by atoms with E-state index in [1.807, 2.05) is 32.0 Å². The van der Waals surface area contributed by atoms with Gasteiger partial charge in [0.05, 0.1) is 5.69 Å². The Bertz CT molecular complexity index is 1990. The van der Waals surface area contributed by atoms with Gasteiger partial charge in [0.25, 0.3) is 5.91 Å². The third kappa shape index (κ3) is 7.76. The summed E-state index contributed by atoms with van der Waals surface area (Å²) >= 11 is 0. The van der Waals surface area contributed by atoms with Crippen LogP contribution >= 0.6 is 0 Å². The lowest BCUT2D eigenvalue weighted by atomic mass is 10.1. The summed E-state index contributed by atoms with van der Waals surface area (Å²) in [5.74, 6) is -2.51. The number of aryl methyl sites for hydroxylation is 2. The Kier molecular flexibility index (Phi) is 9.55. The zero-order valence-electron chi connectivity index (χ0n) is 25.5. The Hall–Kier alpha value is -6.11. The molecule has 0 fully saturated rings. The van der Waals surface area contributed by atoms with E-state index in [1.54, 1.807) is 12.1 Å². The van der Waals surface area contributed by atoms with E-state index in [2.05, 4.69) is 10.3 Å². The molecular weight excluding hydrogens is 610 g/mol. The number of phenolic OH excluding ortho intramolecular Hbond substituents is 1. The number of phenols is 1. The number of anilines is 1. The molecule has 1 heterocycles. The molecule has 0 aromatic heterocycles. The Labute approximate surface area is 268 Å². The van der Waals surface area contributed by atoms with Gasteiger partial charge < -0.3 is 39.4 Å². The largest absolute Gasteiger partial charge is 0.507 e. The first-order valence-electron chi connectivity index (χ1n) is 14.5. The van der Waals surface area contributed by atoms with Crippen molar-refractivity contribution in [1.82, 2.24) is 10.3 Å². The number of aromatic hydroxyl groups is 1. The van der Waals surface area contributed by atoms with Crippen LogP contribution in [-0.2, 0) is 16.1 Å². The lowest BCUT2D eigenvalue weighted by molar-refractivity contribution is -0.136. The van der Waals surface area contributed by atoms with Crippen molar-refractivity contribution in [3.63, 3.8) is 0 Å².